The lowest BCUT2D eigenvalue weighted by atomic mass is 10.0. The molecular formula is C20H30N4O3. The van der Waals surface area contributed by atoms with Gasteiger partial charge in [0.25, 0.3) is 11.6 Å². The van der Waals surface area contributed by atoms with Crippen LogP contribution in [0.5, 0.6) is 0 Å². The third kappa shape index (κ3) is 4.30. The van der Waals surface area contributed by atoms with E-state index >= 15 is 0 Å². The van der Waals surface area contributed by atoms with E-state index in [1.807, 2.05) is 26.8 Å². The second-order valence-electron chi connectivity index (χ2n) is 7.87. The van der Waals surface area contributed by atoms with E-state index in [4.69, 9.17) is 9.26 Å². The van der Waals surface area contributed by atoms with Gasteiger partial charge in [-0.2, -0.15) is 0 Å². The molecule has 0 bridgehead atoms. The van der Waals surface area contributed by atoms with Gasteiger partial charge in [-0.25, -0.2) is 4.98 Å². The maximum absolute atomic E-state index is 13.0. The van der Waals surface area contributed by atoms with Crippen molar-refractivity contribution in [3.63, 3.8) is 0 Å². The summed E-state index contributed by atoms with van der Waals surface area (Å²) in [6.45, 7) is 14.2. The molecule has 1 aliphatic rings. The Labute approximate surface area is 160 Å². The summed E-state index contributed by atoms with van der Waals surface area (Å²) < 4.78 is 10.8. The molecule has 2 aromatic heterocycles. The van der Waals surface area contributed by atoms with Gasteiger partial charge < -0.3 is 14.6 Å². The zero-order valence-electron chi connectivity index (χ0n) is 16.9. The molecule has 3 rings (SSSR count). The highest BCUT2D eigenvalue weighted by atomic mass is 16.5. The van der Waals surface area contributed by atoms with Gasteiger partial charge >= 0.3 is 0 Å². The number of aryl methyl sites for hydroxylation is 1. The predicted molar refractivity (Wildman–Crippen MR) is 104 cm³/mol. The Morgan fingerprint density at radius 2 is 1.96 bits per heavy atom. The van der Waals surface area contributed by atoms with Crippen LogP contribution in [0.1, 0.15) is 55.4 Å². The standard InChI is InChI=1S/C20H30N4O3/c1-12(2)16-10-15(18-14(5)23-27-20(18)22-16)19(25)21-11-17(13(3)4)24-6-8-26-9-7-24/h10,12-13,17H,6-9,11H2,1-5H3,(H,21,25)/t17-/m1/s1. The van der Waals surface area contributed by atoms with Crippen molar-refractivity contribution < 1.29 is 14.1 Å². The molecule has 3 heterocycles. The van der Waals surface area contributed by atoms with Crippen LogP contribution < -0.4 is 5.32 Å². The van der Waals surface area contributed by atoms with E-state index in [1.165, 1.54) is 0 Å². The largest absolute Gasteiger partial charge is 0.379 e. The van der Waals surface area contributed by atoms with Crippen LogP contribution >= 0.6 is 0 Å². The first-order chi connectivity index (χ1) is 12.9. The molecule has 148 valence electrons. The summed E-state index contributed by atoms with van der Waals surface area (Å²) in [6.07, 6.45) is 0. The number of carbonyl (C=O) groups is 1. The molecule has 0 unspecified atom stereocenters. The third-order valence-corrected chi connectivity index (χ3v) is 5.23. The summed E-state index contributed by atoms with van der Waals surface area (Å²) in [4.78, 5) is 19.9. The molecule has 27 heavy (non-hydrogen) atoms. The highest BCUT2D eigenvalue weighted by Gasteiger charge is 2.25. The average molecular weight is 374 g/mol. The fourth-order valence-electron chi connectivity index (χ4n) is 3.58. The summed E-state index contributed by atoms with van der Waals surface area (Å²) in [7, 11) is 0. The zero-order valence-corrected chi connectivity index (χ0v) is 16.9. The minimum atomic E-state index is -0.102. The molecule has 1 saturated heterocycles. The second kappa shape index (κ2) is 8.35. The van der Waals surface area contributed by atoms with Gasteiger partial charge in [0.15, 0.2) is 0 Å². The quantitative estimate of drug-likeness (QED) is 0.837. The number of carbonyl (C=O) groups excluding carboxylic acids is 1. The Hall–Kier alpha value is -1.99. The molecule has 7 nitrogen and oxygen atoms in total. The van der Waals surface area contributed by atoms with Gasteiger partial charge in [0.05, 0.1) is 29.9 Å². The van der Waals surface area contributed by atoms with Crippen molar-refractivity contribution in [1.29, 1.82) is 0 Å². The number of morpholine rings is 1. The Kier molecular flexibility index (Phi) is 6.11. The molecule has 0 saturated carbocycles. The van der Waals surface area contributed by atoms with Crippen LogP contribution in [-0.2, 0) is 4.74 Å². The van der Waals surface area contributed by atoms with Crippen LogP contribution in [0.2, 0.25) is 0 Å². The molecule has 1 aliphatic heterocycles. The minimum absolute atomic E-state index is 0.102. The number of nitrogens with zero attached hydrogens (tertiary/aromatic N) is 3. The molecule has 1 amide bonds. The lowest BCUT2D eigenvalue weighted by molar-refractivity contribution is 0.00673. The third-order valence-electron chi connectivity index (χ3n) is 5.23. The monoisotopic (exact) mass is 374 g/mol. The van der Waals surface area contributed by atoms with Crippen LogP contribution in [0.15, 0.2) is 10.6 Å². The number of pyridine rings is 1. The van der Waals surface area contributed by atoms with E-state index in [9.17, 15) is 4.79 Å². The number of hydrogen-bond donors (Lipinski definition) is 1. The lowest BCUT2D eigenvalue weighted by Crippen LogP contribution is -2.51. The van der Waals surface area contributed by atoms with E-state index in [0.29, 0.717) is 34.8 Å². The molecule has 1 atom stereocenters. The normalized spacial score (nSPS) is 17.0. The van der Waals surface area contributed by atoms with Crippen molar-refractivity contribution in [3.05, 3.63) is 23.0 Å². The summed E-state index contributed by atoms with van der Waals surface area (Å²) in [5, 5.41) is 7.83. The molecule has 2 aromatic rings. The van der Waals surface area contributed by atoms with Crippen molar-refractivity contribution in [2.45, 2.75) is 46.6 Å². The van der Waals surface area contributed by atoms with Crippen LogP contribution in [0.4, 0.5) is 0 Å². The number of ether oxygens (including phenoxy) is 1. The van der Waals surface area contributed by atoms with Gasteiger partial charge in [-0.1, -0.05) is 32.9 Å². The molecule has 0 aliphatic carbocycles. The van der Waals surface area contributed by atoms with Gasteiger partial charge in [-0.15, -0.1) is 0 Å². The number of rotatable bonds is 6. The lowest BCUT2D eigenvalue weighted by Gasteiger charge is -2.36. The van der Waals surface area contributed by atoms with E-state index in [1.54, 1.807) is 0 Å². The molecule has 0 spiro atoms. The molecule has 0 radical (unpaired) electrons. The van der Waals surface area contributed by atoms with Crippen molar-refractivity contribution in [2.24, 2.45) is 5.92 Å². The highest BCUT2D eigenvalue weighted by Crippen LogP contribution is 2.25. The van der Waals surface area contributed by atoms with Crippen LogP contribution in [-0.4, -0.2) is 59.8 Å². The van der Waals surface area contributed by atoms with Crippen LogP contribution in [0.3, 0.4) is 0 Å². The predicted octanol–water partition coefficient (Wildman–Crippen LogP) is 2.74. The number of fused-ring (bicyclic) bond motifs is 1. The molecule has 7 heteroatoms. The smallest absolute Gasteiger partial charge is 0.259 e. The number of aromatic nitrogens is 2. The molecular weight excluding hydrogens is 344 g/mol. The maximum atomic E-state index is 13.0. The first kappa shape index (κ1) is 19.8. The van der Waals surface area contributed by atoms with E-state index in [0.717, 1.165) is 32.0 Å². The van der Waals surface area contributed by atoms with Gasteiger partial charge in [0.2, 0.25) is 0 Å². The zero-order chi connectivity index (χ0) is 19.6. The maximum Gasteiger partial charge on any atom is 0.259 e. The van der Waals surface area contributed by atoms with Gasteiger partial charge in [0, 0.05) is 31.4 Å². The molecule has 1 fully saturated rings. The van der Waals surface area contributed by atoms with Crippen molar-refractivity contribution in [2.75, 3.05) is 32.8 Å². The number of amides is 1. The van der Waals surface area contributed by atoms with Gasteiger partial charge in [-0.05, 0) is 24.8 Å². The average Bonchev–Trinajstić information content (AvgIpc) is 3.02. The van der Waals surface area contributed by atoms with Gasteiger partial charge in [-0.3, -0.25) is 9.69 Å². The van der Waals surface area contributed by atoms with Crippen LogP contribution in [0.25, 0.3) is 11.1 Å². The molecule has 1 N–H and O–H groups in total. The van der Waals surface area contributed by atoms with E-state index in [2.05, 4.69) is 34.2 Å². The van der Waals surface area contributed by atoms with Crippen molar-refractivity contribution >= 4 is 17.0 Å². The number of nitrogens with one attached hydrogen (secondary N) is 1. The van der Waals surface area contributed by atoms with Gasteiger partial charge in [0.1, 0.15) is 0 Å². The fraction of sp³-hybridized carbons (Fsp3) is 0.650. The minimum Gasteiger partial charge on any atom is -0.379 e. The SMILES string of the molecule is Cc1noc2nc(C(C)C)cc(C(=O)NC[C@H](C(C)C)N3CCOCC3)c12. The highest BCUT2D eigenvalue weighted by molar-refractivity contribution is 6.06. The fourth-order valence-corrected chi connectivity index (χ4v) is 3.58. The Morgan fingerprint density at radius 1 is 1.26 bits per heavy atom. The Balaban J connectivity index is 1.81. The first-order valence-corrected chi connectivity index (χ1v) is 9.75. The summed E-state index contributed by atoms with van der Waals surface area (Å²) >= 11 is 0. The summed E-state index contributed by atoms with van der Waals surface area (Å²) in [5.41, 5.74) is 2.54. The summed E-state index contributed by atoms with van der Waals surface area (Å²) in [5.74, 6) is 0.530. The van der Waals surface area contributed by atoms with E-state index in [-0.39, 0.29) is 17.9 Å². The molecule has 0 aromatic carbocycles. The Bertz CT molecular complexity index is 794. The van der Waals surface area contributed by atoms with Crippen molar-refractivity contribution in [1.82, 2.24) is 20.4 Å². The Morgan fingerprint density at radius 3 is 2.59 bits per heavy atom. The van der Waals surface area contributed by atoms with E-state index < -0.39 is 0 Å². The first-order valence-electron chi connectivity index (χ1n) is 9.75. The topological polar surface area (TPSA) is 80.5 Å². The van der Waals surface area contributed by atoms with Crippen LogP contribution in [0, 0.1) is 12.8 Å². The van der Waals surface area contributed by atoms with Crippen molar-refractivity contribution in [3.8, 4) is 0 Å². The number of hydrogen-bond acceptors (Lipinski definition) is 6. The summed E-state index contributed by atoms with van der Waals surface area (Å²) in [6, 6.07) is 2.15. The second-order valence-corrected chi connectivity index (χ2v) is 7.87.